The van der Waals surface area contributed by atoms with Crippen LogP contribution < -0.4 is 5.32 Å². The molecular formula is C14H20N2O. The maximum absolute atomic E-state index is 11.9. The molecule has 0 aliphatic carbocycles. The van der Waals surface area contributed by atoms with Crippen molar-refractivity contribution in [2.45, 2.75) is 18.9 Å². The van der Waals surface area contributed by atoms with Crippen LogP contribution in [-0.4, -0.2) is 43.4 Å². The number of carbonyl (C=O) groups excluding carboxylic acids is 1. The zero-order chi connectivity index (χ0) is 12.1. The number of rotatable bonds is 4. The van der Waals surface area contributed by atoms with Gasteiger partial charge in [-0.05, 0) is 33.0 Å². The Bertz CT molecular complexity index is 356. The van der Waals surface area contributed by atoms with Gasteiger partial charge < -0.3 is 10.2 Å². The number of piperidine rings is 1. The molecule has 0 spiro atoms. The quantitative estimate of drug-likeness (QED) is 0.799. The Morgan fingerprint density at radius 3 is 2.59 bits per heavy atom. The number of Topliss-reactive ketones (excluding diaryl/α,β-unsaturated/α-hetero) is 1. The van der Waals surface area contributed by atoms with Gasteiger partial charge in [-0.3, -0.25) is 4.79 Å². The van der Waals surface area contributed by atoms with Gasteiger partial charge >= 0.3 is 0 Å². The summed E-state index contributed by atoms with van der Waals surface area (Å²) in [4.78, 5) is 14.2. The molecule has 0 unspecified atom stereocenters. The standard InChI is InChI=1S/C14H20N2O/c1-16-9-7-13(8-10-16)15-11-14(17)12-5-3-2-4-6-12/h2-6,13,15H,7-11H2,1H3. The van der Waals surface area contributed by atoms with Crippen LogP contribution in [0.1, 0.15) is 23.2 Å². The minimum absolute atomic E-state index is 0.185. The summed E-state index contributed by atoms with van der Waals surface area (Å²) in [6.45, 7) is 2.70. The highest BCUT2D eigenvalue weighted by atomic mass is 16.1. The van der Waals surface area contributed by atoms with Crippen LogP contribution in [0.5, 0.6) is 0 Å². The van der Waals surface area contributed by atoms with Gasteiger partial charge in [-0.25, -0.2) is 0 Å². The lowest BCUT2D eigenvalue weighted by molar-refractivity contribution is 0.0982. The van der Waals surface area contributed by atoms with Gasteiger partial charge in [0.25, 0.3) is 0 Å². The second-order valence-corrected chi connectivity index (χ2v) is 4.75. The Balaban J connectivity index is 1.77. The fraction of sp³-hybridized carbons (Fsp3) is 0.500. The van der Waals surface area contributed by atoms with Crippen molar-refractivity contribution >= 4 is 5.78 Å². The summed E-state index contributed by atoms with van der Waals surface area (Å²) in [5.41, 5.74) is 0.799. The summed E-state index contributed by atoms with van der Waals surface area (Å²) in [6.07, 6.45) is 2.27. The first-order valence-electron chi connectivity index (χ1n) is 6.26. The molecule has 0 aromatic heterocycles. The lowest BCUT2D eigenvalue weighted by Crippen LogP contribution is -2.42. The minimum Gasteiger partial charge on any atom is -0.307 e. The molecule has 2 rings (SSSR count). The first kappa shape index (κ1) is 12.3. The third kappa shape index (κ3) is 3.65. The predicted molar refractivity (Wildman–Crippen MR) is 69.3 cm³/mol. The molecule has 1 N–H and O–H groups in total. The molecule has 0 bridgehead atoms. The van der Waals surface area contributed by atoms with Crippen LogP contribution in [0.25, 0.3) is 0 Å². The molecule has 1 aliphatic heterocycles. The molecule has 1 heterocycles. The van der Waals surface area contributed by atoms with Gasteiger partial charge in [0.15, 0.2) is 5.78 Å². The number of benzene rings is 1. The lowest BCUT2D eigenvalue weighted by Gasteiger charge is -2.29. The van der Waals surface area contributed by atoms with Crippen molar-refractivity contribution in [3.63, 3.8) is 0 Å². The summed E-state index contributed by atoms with van der Waals surface area (Å²) in [5.74, 6) is 0.185. The zero-order valence-corrected chi connectivity index (χ0v) is 10.4. The third-order valence-corrected chi connectivity index (χ3v) is 3.37. The molecule has 0 saturated carbocycles. The smallest absolute Gasteiger partial charge is 0.176 e. The molecule has 1 aliphatic rings. The van der Waals surface area contributed by atoms with Gasteiger partial charge in [-0.1, -0.05) is 30.3 Å². The number of carbonyl (C=O) groups is 1. The number of likely N-dealkylation sites (tertiary alicyclic amines) is 1. The Hall–Kier alpha value is -1.19. The molecule has 3 heteroatoms. The highest BCUT2D eigenvalue weighted by Crippen LogP contribution is 2.08. The summed E-state index contributed by atoms with van der Waals surface area (Å²) < 4.78 is 0. The third-order valence-electron chi connectivity index (χ3n) is 3.37. The van der Waals surface area contributed by atoms with E-state index in [1.54, 1.807) is 0 Å². The van der Waals surface area contributed by atoms with Crippen LogP contribution in [0.2, 0.25) is 0 Å². The van der Waals surface area contributed by atoms with Crippen molar-refractivity contribution in [2.24, 2.45) is 0 Å². The summed E-state index contributed by atoms with van der Waals surface area (Å²) in [5, 5.41) is 3.36. The van der Waals surface area contributed by atoms with Crippen LogP contribution in [0.15, 0.2) is 30.3 Å². The monoisotopic (exact) mass is 232 g/mol. The minimum atomic E-state index is 0.185. The maximum atomic E-state index is 11.9. The van der Waals surface area contributed by atoms with E-state index in [-0.39, 0.29) is 5.78 Å². The van der Waals surface area contributed by atoms with Crippen molar-refractivity contribution in [3.05, 3.63) is 35.9 Å². The van der Waals surface area contributed by atoms with E-state index in [4.69, 9.17) is 0 Å². The van der Waals surface area contributed by atoms with E-state index < -0.39 is 0 Å². The second kappa shape index (κ2) is 5.94. The highest BCUT2D eigenvalue weighted by molar-refractivity contribution is 5.97. The van der Waals surface area contributed by atoms with E-state index in [9.17, 15) is 4.79 Å². The molecule has 1 aromatic carbocycles. The Labute approximate surface area is 103 Å². The van der Waals surface area contributed by atoms with E-state index in [0.717, 1.165) is 31.5 Å². The molecular weight excluding hydrogens is 212 g/mol. The lowest BCUT2D eigenvalue weighted by atomic mass is 10.0. The maximum Gasteiger partial charge on any atom is 0.176 e. The molecule has 3 nitrogen and oxygen atoms in total. The average molecular weight is 232 g/mol. The normalized spacial score (nSPS) is 18.2. The van der Waals surface area contributed by atoms with Crippen molar-refractivity contribution in [2.75, 3.05) is 26.7 Å². The van der Waals surface area contributed by atoms with Gasteiger partial charge in [0, 0.05) is 11.6 Å². The van der Waals surface area contributed by atoms with Crippen LogP contribution in [0.4, 0.5) is 0 Å². The number of hydrogen-bond donors (Lipinski definition) is 1. The van der Waals surface area contributed by atoms with Crippen molar-refractivity contribution in [3.8, 4) is 0 Å². The van der Waals surface area contributed by atoms with E-state index in [0.29, 0.717) is 12.6 Å². The topological polar surface area (TPSA) is 32.3 Å². The molecule has 17 heavy (non-hydrogen) atoms. The van der Waals surface area contributed by atoms with E-state index in [1.165, 1.54) is 0 Å². The van der Waals surface area contributed by atoms with Crippen LogP contribution in [-0.2, 0) is 0 Å². The average Bonchev–Trinajstić information content (AvgIpc) is 2.39. The molecule has 1 fully saturated rings. The number of hydrogen-bond acceptors (Lipinski definition) is 3. The van der Waals surface area contributed by atoms with Gasteiger partial charge in [-0.2, -0.15) is 0 Å². The Morgan fingerprint density at radius 1 is 1.29 bits per heavy atom. The fourth-order valence-electron chi connectivity index (χ4n) is 2.18. The molecule has 0 radical (unpaired) electrons. The Morgan fingerprint density at radius 2 is 1.94 bits per heavy atom. The van der Waals surface area contributed by atoms with E-state index >= 15 is 0 Å². The number of nitrogens with one attached hydrogen (secondary N) is 1. The largest absolute Gasteiger partial charge is 0.307 e. The van der Waals surface area contributed by atoms with Crippen LogP contribution in [0, 0.1) is 0 Å². The van der Waals surface area contributed by atoms with Gasteiger partial charge in [-0.15, -0.1) is 0 Å². The fourth-order valence-corrected chi connectivity index (χ4v) is 2.18. The number of ketones is 1. The first-order valence-corrected chi connectivity index (χ1v) is 6.26. The van der Waals surface area contributed by atoms with Gasteiger partial charge in [0.1, 0.15) is 0 Å². The highest BCUT2D eigenvalue weighted by Gasteiger charge is 2.16. The molecule has 1 saturated heterocycles. The number of nitrogens with zero attached hydrogens (tertiary/aromatic N) is 1. The van der Waals surface area contributed by atoms with Crippen molar-refractivity contribution in [1.29, 1.82) is 0 Å². The summed E-state index contributed by atoms with van der Waals surface area (Å²) in [6, 6.07) is 9.99. The summed E-state index contributed by atoms with van der Waals surface area (Å²) >= 11 is 0. The van der Waals surface area contributed by atoms with Crippen molar-refractivity contribution < 1.29 is 4.79 Å². The zero-order valence-electron chi connectivity index (χ0n) is 10.4. The molecule has 0 atom stereocenters. The Kier molecular flexibility index (Phi) is 4.29. The van der Waals surface area contributed by atoms with Gasteiger partial charge in [0.2, 0.25) is 0 Å². The second-order valence-electron chi connectivity index (χ2n) is 4.75. The van der Waals surface area contributed by atoms with Crippen LogP contribution in [0.3, 0.4) is 0 Å². The first-order chi connectivity index (χ1) is 8.25. The van der Waals surface area contributed by atoms with Crippen LogP contribution >= 0.6 is 0 Å². The summed E-state index contributed by atoms with van der Waals surface area (Å²) in [7, 11) is 2.14. The van der Waals surface area contributed by atoms with E-state index in [1.807, 2.05) is 30.3 Å². The van der Waals surface area contributed by atoms with Gasteiger partial charge in [0.05, 0.1) is 6.54 Å². The SMILES string of the molecule is CN1CCC(NCC(=O)c2ccccc2)CC1. The molecule has 92 valence electrons. The predicted octanol–water partition coefficient (Wildman–Crippen LogP) is 1.55. The van der Waals surface area contributed by atoms with Crippen molar-refractivity contribution in [1.82, 2.24) is 10.2 Å². The molecule has 0 amide bonds. The van der Waals surface area contributed by atoms with E-state index in [2.05, 4.69) is 17.3 Å². The molecule has 1 aromatic rings.